The first-order valence-electron chi connectivity index (χ1n) is 7.29. The van der Waals surface area contributed by atoms with E-state index in [1.807, 2.05) is 24.3 Å². The molecule has 3 aromatic rings. The number of hydrogen-bond acceptors (Lipinski definition) is 4. The van der Waals surface area contributed by atoms with Crippen molar-refractivity contribution in [1.82, 2.24) is 4.98 Å². The van der Waals surface area contributed by atoms with Gasteiger partial charge in [-0.2, -0.15) is 13.2 Å². The highest BCUT2D eigenvalue weighted by molar-refractivity contribution is 7.18. The third-order valence-corrected chi connectivity index (χ3v) is 4.34. The lowest BCUT2D eigenvalue weighted by atomic mass is 10.1. The van der Waals surface area contributed by atoms with Crippen LogP contribution in [0.25, 0.3) is 15.8 Å². The van der Waals surface area contributed by atoms with Crippen LogP contribution in [-0.4, -0.2) is 17.1 Å². The van der Waals surface area contributed by atoms with Crippen LogP contribution in [0.2, 0.25) is 0 Å². The molecule has 3 nitrogen and oxygen atoms in total. The summed E-state index contributed by atoms with van der Waals surface area (Å²) in [5, 5.41) is 0.524. The number of para-hydroxylation sites is 1. The maximum atomic E-state index is 13.2. The molecule has 7 heteroatoms. The van der Waals surface area contributed by atoms with E-state index in [1.165, 1.54) is 35.6 Å². The van der Waals surface area contributed by atoms with Crippen molar-refractivity contribution in [2.45, 2.75) is 12.8 Å². The Morgan fingerprint density at radius 3 is 2.44 bits per heavy atom. The van der Waals surface area contributed by atoms with Gasteiger partial charge in [-0.1, -0.05) is 42.5 Å². The summed E-state index contributed by atoms with van der Waals surface area (Å²) in [4.78, 5) is 16.1. The van der Waals surface area contributed by atoms with Gasteiger partial charge in [-0.15, -0.1) is 11.3 Å². The van der Waals surface area contributed by atoms with Crippen molar-refractivity contribution < 1.29 is 22.7 Å². The standard InChI is InChI=1S/C18H12F3NO2S/c19-18(20,21)13(12-6-2-1-3-7-12)10-17(23)24-11-16-22-14-8-4-5-9-15(14)25-16/h1-10H,11H2/b13-10-. The Kier molecular flexibility index (Phi) is 4.85. The molecule has 0 aliphatic heterocycles. The Balaban J connectivity index is 1.75. The van der Waals surface area contributed by atoms with Gasteiger partial charge in [-0.3, -0.25) is 0 Å². The quantitative estimate of drug-likeness (QED) is 0.484. The maximum absolute atomic E-state index is 13.2. The van der Waals surface area contributed by atoms with Crippen molar-refractivity contribution >= 4 is 33.1 Å². The average Bonchev–Trinajstić information content (AvgIpc) is 3.00. The zero-order valence-electron chi connectivity index (χ0n) is 12.8. The molecule has 0 radical (unpaired) electrons. The summed E-state index contributed by atoms with van der Waals surface area (Å²) in [7, 11) is 0. The van der Waals surface area contributed by atoms with E-state index in [1.54, 1.807) is 6.07 Å². The predicted molar refractivity (Wildman–Crippen MR) is 89.9 cm³/mol. The summed E-state index contributed by atoms with van der Waals surface area (Å²) in [5.74, 6) is -1.06. The van der Waals surface area contributed by atoms with E-state index in [2.05, 4.69) is 4.98 Å². The molecule has 0 aliphatic rings. The van der Waals surface area contributed by atoms with Gasteiger partial charge in [0.1, 0.15) is 11.6 Å². The largest absolute Gasteiger partial charge is 0.455 e. The third-order valence-electron chi connectivity index (χ3n) is 3.33. The predicted octanol–water partition coefficient (Wildman–Crippen LogP) is 4.99. The Morgan fingerprint density at radius 1 is 1.08 bits per heavy atom. The van der Waals surface area contributed by atoms with E-state index in [-0.39, 0.29) is 12.2 Å². The molecule has 0 spiro atoms. The molecule has 1 aromatic heterocycles. The molecular formula is C18H12F3NO2S. The van der Waals surface area contributed by atoms with Crippen molar-refractivity contribution in [2.24, 2.45) is 0 Å². The topological polar surface area (TPSA) is 39.2 Å². The minimum Gasteiger partial charge on any atom is -0.455 e. The fraction of sp³-hybridized carbons (Fsp3) is 0.111. The van der Waals surface area contributed by atoms with Crippen molar-refractivity contribution in [3.05, 3.63) is 71.2 Å². The van der Waals surface area contributed by atoms with Crippen molar-refractivity contribution in [3.63, 3.8) is 0 Å². The molecule has 2 aromatic carbocycles. The summed E-state index contributed by atoms with van der Waals surface area (Å²) in [6.07, 6.45) is -4.18. The summed E-state index contributed by atoms with van der Waals surface area (Å²) < 4.78 is 45.4. The van der Waals surface area contributed by atoms with Gasteiger partial charge in [0.05, 0.1) is 15.8 Å². The lowest BCUT2D eigenvalue weighted by Gasteiger charge is -2.11. The van der Waals surface area contributed by atoms with Crippen LogP contribution in [0.15, 0.2) is 60.7 Å². The lowest BCUT2D eigenvalue weighted by molar-refractivity contribution is -0.139. The second-order valence-electron chi connectivity index (χ2n) is 5.10. The molecule has 0 saturated heterocycles. The first kappa shape index (κ1) is 17.2. The van der Waals surface area contributed by atoms with Gasteiger partial charge in [-0.25, -0.2) is 9.78 Å². The number of ether oxygens (including phenoxy) is 1. The van der Waals surface area contributed by atoms with Gasteiger partial charge in [-0.05, 0) is 17.7 Å². The highest BCUT2D eigenvalue weighted by Gasteiger charge is 2.35. The van der Waals surface area contributed by atoms with E-state index >= 15 is 0 Å². The summed E-state index contributed by atoms with van der Waals surface area (Å²) in [5.41, 5.74) is -0.372. The summed E-state index contributed by atoms with van der Waals surface area (Å²) in [6, 6.07) is 14.5. The second kappa shape index (κ2) is 7.06. The number of carbonyl (C=O) groups excluding carboxylic acids is 1. The Hall–Kier alpha value is -2.67. The van der Waals surface area contributed by atoms with Crippen LogP contribution in [0, 0.1) is 0 Å². The van der Waals surface area contributed by atoms with E-state index in [0.717, 1.165) is 10.2 Å². The maximum Gasteiger partial charge on any atom is 0.417 e. The van der Waals surface area contributed by atoms with Gasteiger partial charge in [0.2, 0.25) is 0 Å². The highest BCUT2D eigenvalue weighted by atomic mass is 32.1. The van der Waals surface area contributed by atoms with Gasteiger partial charge >= 0.3 is 12.1 Å². The smallest absolute Gasteiger partial charge is 0.417 e. The third kappa shape index (κ3) is 4.24. The molecule has 0 bridgehead atoms. The van der Waals surface area contributed by atoms with Crippen molar-refractivity contribution in [2.75, 3.05) is 0 Å². The molecule has 0 saturated carbocycles. The molecular weight excluding hydrogens is 351 g/mol. The first-order chi connectivity index (χ1) is 11.9. The number of benzene rings is 2. The fourth-order valence-electron chi connectivity index (χ4n) is 2.22. The molecule has 25 heavy (non-hydrogen) atoms. The van der Waals surface area contributed by atoms with Gasteiger partial charge in [0.25, 0.3) is 0 Å². The number of fused-ring (bicyclic) bond motifs is 1. The van der Waals surface area contributed by atoms with Crippen molar-refractivity contribution in [3.8, 4) is 0 Å². The number of esters is 1. The highest BCUT2D eigenvalue weighted by Crippen LogP contribution is 2.33. The van der Waals surface area contributed by atoms with Crippen molar-refractivity contribution in [1.29, 1.82) is 0 Å². The number of thiazole rings is 1. The zero-order chi connectivity index (χ0) is 17.9. The molecule has 0 fully saturated rings. The number of carbonyl (C=O) groups is 1. The molecule has 0 aliphatic carbocycles. The Labute approximate surface area is 145 Å². The number of alkyl halides is 3. The van der Waals surface area contributed by atoms with Crippen LogP contribution in [0.4, 0.5) is 13.2 Å². The monoisotopic (exact) mass is 363 g/mol. The number of nitrogens with zero attached hydrogens (tertiary/aromatic N) is 1. The second-order valence-corrected chi connectivity index (χ2v) is 6.22. The molecule has 0 unspecified atom stereocenters. The lowest BCUT2D eigenvalue weighted by Crippen LogP contribution is -2.13. The normalized spacial score (nSPS) is 12.4. The minimum absolute atomic E-state index is 0.0908. The average molecular weight is 363 g/mol. The van der Waals surface area contributed by atoms with E-state index in [0.29, 0.717) is 11.1 Å². The SMILES string of the molecule is O=C(/C=C(/c1ccccc1)C(F)(F)F)OCc1nc2ccccc2s1. The molecule has 0 atom stereocenters. The van der Waals surface area contributed by atoms with Crippen LogP contribution in [-0.2, 0) is 16.1 Å². The van der Waals surface area contributed by atoms with Gasteiger partial charge < -0.3 is 4.74 Å². The number of rotatable bonds is 4. The molecule has 1 heterocycles. The Morgan fingerprint density at radius 2 is 1.76 bits per heavy atom. The number of allylic oxidation sites excluding steroid dienone is 1. The number of aromatic nitrogens is 1. The van der Waals surface area contributed by atoms with Gasteiger partial charge in [0, 0.05) is 6.08 Å². The molecule has 3 rings (SSSR count). The molecule has 0 N–H and O–H groups in total. The Bertz CT molecular complexity index is 884. The van der Waals surface area contributed by atoms with E-state index in [9.17, 15) is 18.0 Å². The van der Waals surface area contributed by atoms with Crippen LogP contribution < -0.4 is 0 Å². The van der Waals surface area contributed by atoms with Crippen LogP contribution in [0.3, 0.4) is 0 Å². The van der Waals surface area contributed by atoms with E-state index in [4.69, 9.17) is 4.74 Å². The van der Waals surface area contributed by atoms with Crippen LogP contribution in [0.1, 0.15) is 10.6 Å². The van der Waals surface area contributed by atoms with Crippen LogP contribution >= 0.6 is 11.3 Å². The zero-order valence-corrected chi connectivity index (χ0v) is 13.6. The first-order valence-corrected chi connectivity index (χ1v) is 8.10. The molecule has 0 amide bonds. The summed E-state index contributed by atoms with van der Waals surface area (Å²) >= 11 is 1.33. The number of hydrogen-bond donors (Lipinski definition) is 0. The fourth-order valence-corrected chi connectivity index (χ4v) is 3.10. The number of halogens is 3. The summed E-state index contributed by atoms with van der Waals surface area (Å²) in [6.45, 7) is -0.172. The van der Waals surface area contributed by atoms with Crippen LogP contribution in [0.5, 0.6) is 0 Å². The van der Waals surface area contributed by atoms with E-state index < -0.39 is 17.7 Å². The van der Waals surface area contributed by atoms with Gasteiger partial charge in [0.15, 0.2) is 0 Å². The molecule has 128 valence electrons. The minimum atomic E-state index is -4.66.